The molecule has 0 aromatic heterocycles. The molecule has 0 atom stereocenters. The number of aromatic hydroxyl groups is 2. The van der Waals surface area contributed by atoms with Gasteiger partial charge < -0.3 is 15.5 Å². The van der Waals surface area contributed by atoms with Crippen LogP contribution in [0.3, 0.4) is 0 Å². The Balaban J connectivity index is 2.96. The van der Waals surface area contributed by atoms with Crippen LogP contribution in [0.1, 0.15) is 24.2 Å². The molecule has 0 radical (unpaired) electrons. The van der Waals surface area contributed by atoms with Crippen molar-refractivity contribution in [2.75, 3.05) is 0 Å². The highest BCUT2D eigenvalue weighted by molar-refractivity contribution is 5.97. The standard InChI is InChI=1S/C10H13NO3/c1-6(2)11-10(14)7-4-3-5-8(12)9(7)13/h3-6,12-13H,1-2H3,(H,11,14). The SMILES string of the molecule is CC(C)NC(=O)c1cccc(O)c1O. The molecule has 4 heteroatoms. The van der Waals surface area contributed by atoms with Crippen molar-refractivity contribution in [2.45, 2.75) is 19.9 Å². The molecule has 1 aromatic rings. The lowest BCUT2D eigenvalue weighted by atomic mass is 10.1. The maximum absolute atomic E-state index is 11.4. The molecule has 0 fully saturated rings. The van der Waals surface area contributed by atoms with E-state index in [1.807, 2.05) is 13.8 Å². The van der Waals surface area contributed by atoms with Crippen molar-refractivity contribution in [3.8, 4) is 11.5 Å². The summed E-state index contributed by atoms with van der Waals surface area (Å²) in [7, 11) is 0. The third-order valence-electron chi connectivity index (χ3n) is 1.68. The molecular weight excluding hydrogens is 182 g/mol. The molecular formula is C10H13NO3. The van der Waals surface area contributed by atoms with E-state index in [9.17, 15) is 9.90 Å². The van der Waals surface area contributed by atoms with Crippen LogP contribution >= 0.6 is 0 Å². The molecule has 4 nitrogen and oxygen atoms in total. The molecule has 0 aliphatic heterocycles. The van der Waals surface area contributed by atoms with E-state index in [0.717, 1.165) is 0 Å². The molecule has 0 saturated heterocycles. The first-order valence-electron chi connectivity index (χ1n) is 4.34. The van der Waals surface area contributed by atoms with Crippen molar-refractivity contribution in [1.29, 1.82) is 0 Å². The Morgan fingerprint density at radius 2 is 2.00 bits per heavy atom. The zero-order valence-electron chi connectivity index (χ0n) is 8.11. The van der Waals surface area contributed by atoms with Crippen LogP contribution in [0.2, 0.25) is 0 Å². The third kappa shape index (κ3) is 2.16. The van der Waals surface area contributed by atoms with Crippen LogP contribution in [-0.2, 0) is 0 Å². The summed E-state index contributed by atoms with van der Waals surface area (Å²) < 4.78 is 0. The van der Waals surface area contributed by atoms with Crippen molar-refractivity contribution in [2.24, 2.45) is 0 Å². The quantitative estimate of drug-likeness (QED) is 0.622. The van der Waals surface area contributed by atoms with E-state index in [1.54, 1.807) is 0 Å². The summed E-state index contributed by atoms with van der Waals surface area (Å²) in [6.07, 6.45) is 0. The minimum atomic E-state index is -0.395. The maximum Gasteiger partial charge on any atom is 0.255 e. The molecule has 0 aliphatic carbocycles. The Morgan fingerprint density at radius 1 is 1.36 bits per heavy atom. The zero-order valence-corrected chi connectivity index (χ0v) is 8.11. The lowest BCUT2D eigenvalue weighted by molar-refractivity contribution is 0.0940. The van der Waals surface area contributed by atoms with Gasteiger partial charge in [0, 0.05) is 6.04 Å². The predicted octanol–water partition coefficient (Wildman–Crippen LogP) is 1.24. The molecule has 0 unspecified atom stereocenters. The highest BCUT2D eigenvalue weighted by Crippen LogP contribution is 2.27. The number of amides is 1. The van der Waals surface area contributed by atoms with Crippen LogP contribution in [0.25, 0.3) is 0 Å². The highest BCUT2D eigenvalue weighted by atomic mass is 16.3. The molecule has 14 heavy (non-hydrogen) atoms. The van der Waals surface area contributed by atoms with E-state index in [0.29, 0.717) is 0 Å². The summed E-state index contributed by atoms with van der Waals surface area (Å²) in [5.74, 6) is -1.07. The smallest absolute Gasteiger partial charge is 0.255 e. The normalized spacial score (nSPS) is 10.2. The van der Waals surface area contributed by atoms with Crippen LogP contribution in [0.15, 0.2) is 18.2 Å². The number of hydrogen-bond acceptors (Lipinski definition) is 3. The molecule has 0 saturated carbocycles. The summed E-state index contributed by atoms with van der Waals surface area (Å²) in [5.41, 5.74) is 0.0821. The van der Waals surface area contributed by atoms with Gasteiger partial charge >= 0.3 is 0 Å². The predicted molar refractivity (Wildman–Crippen MR) is 52.4 cm³/mol. The molecule has 3 N–H and O–H groups in total. The molecule has 1 aromatic carbocycles. The summed E-state index contributed by atoms with van der Waals surface area (Å²) in [6, 6.07) is 4.27. The van der Waals surface area contributed by atoms with Crippen LogP contribution in [0.4, 0.5) is 0 Å². The molecule has 0 aliphatic rings. The van der Waals surface area contributed by atoms with Gasteiger partial charge in [0.2, 0.25) is 0 Å². The van der Waals surface area contributed by atoms with Crippen LogP contribution in [-0.4, -0.2) is 22.2 Å². The number of carbonyl (C=O) groups excluding carboxylic acids is 1. The van der Waals surface area contributed by atoms with Gasteiger partial charge in [0.1, 0.15) is 0 Å². The fraction of sp³-hybridized carbons (Fsp3) is 0.300. The van der Waals surface area contributed by atoms with Crippen molar-refractivity contribution in [3.63, 3.8) is 0 Å². The number of carbonyl (C=O) groups is 1. The Labute approximate surface area is 82.2 Å². The fourth-order valence-electron chi connectivity index (χ4n) is 1.05. The van der Waals surface area contributed by atoms with Crippen molar-refractivity contribution in [3.05, 3.63) is 23.8 Å². The van der Waals surface area contributed by atoms with E-state index < -0.39 is 5.91 Å². The van der Waals surface area contributed by atoms with Gasteiger partial charge in [-0.3, -0.25) is 4.79 Å². The topological polar surface area (TPSA) is 69.6 Å². The zero-order chi connectivity index (χ0) is 10.7. The second-order valence-corrected chi connectivity index (χ2v) is 3.30. The van der Waals surface area contributed by atoms with Crippen LogP contribution < -0.4 is 5.32 Å². The van der Waals surface area contributed by atoms with Gasteiger partial charge in [-0.25, -0.2) is 0 Å². The van der Waals surface area contributed by atoms with Crippen molar-refractivity contribution < 1.29 is 15.0 Å². The Hall–Kier alpha value is -1.71. The molecule has 1 amide bonds. The van der Waals surface area contributed by atoms with Gasteiger partial charge in [-0.1, -0.05) is 6.07 Å². The number of hydrogen-bond donors (Lipinski definition) is 3. The molecule has 0 heterocycles. The number of rotatable bonds is 2. The number of benzene rings is 1. The lowest BCUT2D eigenvalue weighted by Gasteiger charge is -2.09. The van der Waals surface area contributed by atoms with E-state index >= 15 is 0 Å². The summed E-state index contributed by atoms with van der Waals surface area (Å²) in [6.45, 7) is 3.63. The molecule has 0 spiro atoms. The average molecular weight is 195 g/mol. The lowest BCUT2D eigenvalue weighted by Crippen LogP contribution is -2.30. The van der Waals surface area contributed by atoms with Crippen molar-refractivity contribution in [1.82, 2.24) is 5.32 Å². The van der Waals surface area contributed by atoms with E-state index in [4.69, 9.17) is 5.11 Å². The number of nitrogens with one attached hydrogen (secondary N) is 1. The molecule has 76 valence electrons. The van der Waals surface area contributed by atoms with Gasteiger partial charge in [0.25, 0.3) is 5.91 Å². The monoisotopic (exact) mass is 195 g/mol. The third-order valence-corrected chi connectivity index (χ3v) is 1.68. The largest absolute Gasteiger partial charge is 0.504 e. The summed E-state index contributed by atoms with van der Waals surface area (Å²) in [5, 5.41) is 21.1. The Morgan fingerprint density at radius 3 is 2.57 bits per heavy atom. The van der Waals surface area contributed by atoms with Crippen LogP contribution in [0.5, 0.6) is 11.5 Å². The van der Waals surface area contributed by atoms with Gasteiger partial charge in [0.05, 0.1) is 5.56 Å². The molecule has 1 rings (SSSR count). The van der Waals surface area contributed by atoms with Crippen molar-refractivity contribution >= 4 is 5.91 Å². The minimum Gasteiger partial charge on any atom is -0.504 e. The first-order chi connectivity index (χ1) is 6.52. The van der Waals surface area contributed by atoms with Gasteiger partial charge in [-0.05, 0) is 26.0 Å². The van der Waals surface area contributed by atoms with Gasteiger partial charge in [-0.2, -0.15) is 0 Å². The van der Waals surface area contributed by atoms with E-state index in [-0.39, 0.29) is 23.1 Å². The van der Waals surface area contributed by atoms with Gasteiger partial charge in [0.15, 0.2) is 11.5 Å². The Kier molecular flexibility index (Phi) is 2.96. The molecule has 0 bridgehead atoms. The highest BCUT2D eigenvalue weighted by Gasteiger charge is 2.13. The van der Waals surface area contributed by atoms with E-state index in [1.165, 1.54) is 18.2 Å². The van der Waals surface area contributed by atoms with Crippen LogP contribution in [0, 0.1) is 0 Å². The first-order valence-corrected chi connectivity index (χ1v) is 4.34. The number of para-hydroxylation sites is 1. The maximum atomic E-state index is 11.4. The second kappa shape index (κ2) is 4.00. The van der Waals surface area contributed by atoms with Gasteiger partial charge in [-0.15, -0.1) is 0 Å². The number of phenolic OH excluding ortho intramolecular Hbond substituents is 2. The average Bonchev–Trinajstić information content (AvgIpc) is 2.08. The van der Waals surface area contributed by atoms with E-state index in [2.05, 4.69) is 5.32 Å². The Bertz CT molecular complexity index is 347. The fourth-order valence-corrected chi connectivity index (χ4v) is 1.05. The minimum absolute atomic E-state index is 0.00995. The summed E-state index contributed by atoms with van der Waals surface area (Å²) in [4.78, 5) is 11.4. The summed E-state index contributed by atoms with van der Waals surface area (Å²) >= 11 is 0. The number of phenols is 2. The first kappa shape index (κ1) is 10.4. The second-order valence-electron chi connectivity index (χ2n) is 3.30.